The van der Waals surface area contributed by atoms with Gasteiger partial charge in [0.05, 0.1) is 6.54 Å². The molecule has 0 saturated carbocycles. The number of hydrogen-bond acceptors (Lipinski definition) is 4. The first-order chi connectivity index (χ1) is 8.08. The van der Waals surface area contributed by atoms with Crippen LogP contribution in [-0.2, 0) is 4.79 Å². The van der Waals surface area contributed by atoms with E-state index >= 15 is 0 Å². The number of carboxylic acids is 1. The SMILES string of the molecule is CC(c1ccc2c(c1)OCO2)N(C)CC(=O)O. The maximum Gasteiger partial charge on any atom is 0.317 e. The van der Waals surface area contributed by atoms with Gasteiger partial charge in [0.15, 0.2) is 11.5 Å². The summed E-state index contributed by atoms with van der Waals surface area (Å²) in [5.41, 5.74) is 1.01. The minimum Gasteiger partial charge on any atom is -0.480 e. The van der Waals surface area contributed by atoms with Crippen LogP contribution in [-0.4, -0.2) is 36.4 Å². The lowest BCUT2D eigenvalue weighted by atomic mass is 10.1. The zero-order chi connectivity index (χ0) is 12.4. The number of likely N-dealkylation sites (N-methyl/N-ethyl adjacent to an activating group) is 1. The number of hydrogen-bond donors (Lipinski definition) is 1. The maximum absolute atomic E-state index is 10.6. The normalized spacial score (nSPS) is 15.0. The summed E-state index contributed by atoms with van der Waals surface area (Å²) in [5, 5.41) is 8.75. The Morgan fingerprint density at radius 1 is 1.47 bits per heavy atom. The van der Waals surface area contributed by atoms with Crippen LogP contribution in [0.4, 0.5) is 0 Å². The lowest BCUT2D eigenvalue weighted by molar-refractivity contribution is -0.138. The highest BCUT2D eigenvalue weighted by atomic mass is 16.7. The molecule has 1 aromatic carbocycles. The van der Waals surface area contributed by atoms with E-state index in [1.165, 1.54) is 0 Å². The molecule has 17 heavy (non-hydrogen) atoms. The molecule has 1 heterocycles. The third-order valence-corrected chi connectivity index (χ3v) is 2.92. The summed E-state index contributed by atoms with van der Waals surface area (Å²) in [5.74, 6) is 0.625. The molecule has 0 aromatic heterocycles. The second-order valence-electron chi connectivity index (χ2n) is 4.10. The maximum atomic E-state index is 10.6. The first kappa shape index (κ1) is 11.7. The highest BCUT2D eigenvalue weighted by Gasteiger charge is 2.18. The van der Waals surface area contributed by atoms with Gasteiger partial charge in [-0.05, 0) is 31.7 Å². The van der Waals surface area contributed by atoms with Gasteiger partial charge in [0, 0.05) is 6.04 Å². The number of fused-ring (bicyclic) bond motifs is 1. The molecule has 0 bridgehead atoms. The van der Waals surface area contributed by atoms with Gasteiger partial charge in [0.25, 0.3) is 0 Å². The predicted molar refractivity (Wildman–Crippen MR) is 61.2 cm³/mol. The fraction of sp³-hybridized carbons (Fsp3) is 0.417. The number of nitrogens with zero attached hydrogens (tertiary/aromatic N) is 1. The smallest absolute Gasteiger partial charge is 0.317 e. The lowest BCUT2D eigenvalue weighted by Gasteiger charge is -2.23. The van der Waals surface area contributed by atoms with Gasteiger partial charge in [-0.2, -0.15) is 0 Å². The van der Waals surface area contributed by atoms with Gasteiger partial charge < -0.3 is 14.6 Å². The van der Waals surface area contributed by atoms with Crippen LogP contribution < -0.4 is 9.47 Å². The van der Waals surface area contributed by atoms with Crippen molar-refractivity contribution in [2.24, 2.45) is 0 Å². The molecule has 1 aliphatic heterocycles. The quantitative estimate of drug-likeness (QED) is 0.859. The van der Waals surface area contributed by atoms with Crippen molar-refractivity contribution >= 4 is 5.97 Å². The van der Waals surface area contributed by atoms with Crippen LogP contribution in [0.1, 0.15) is 18.5 Å². The molecule has 92 valence electrons. The fourth-order valence-corrected chi connectivity index (χ4v) is 1.78. The number of carboxylic acid groups (broad SMARTS) is 1. The van der Waals surface area contributed by atoms with Gasteiger partial charge in [-0.15, -0.1) is 0 Å². The van der Waals surface area contributed by atoms with Crippen molar-refractivity contribution in [2.75, 3.05) is 20.4 Å². The monoisotopic (exact) mass is 237 g/mol. The van der Waals surface area contributed by atoms with Crippen molar-refractivity contribution in [1.29, 1.82) is 0 Å². The van der Waals surface area contributed by atoms with Crippen LogP contribution in [0, 0.1) is 0 Å². The van der Waals surface area contributed by atoms with Crippen LogP contribution >= 0.6 is 0 Å². The average molecular weight is 237 g/mol. The summed E-state index contributed by atoms with van der Waals surface area (Å²) in [6.45, 7) is 2.22. The van der Waals surface area contributed by atoms with Crippen molar-refractivity contribution in [3.8, 4) is 11.5 Å². The molecule has 2 rings (SSSR count). The summed E-state index contributed by atoms with van der Waals surface area (Å²) < 4.78 is 10.5. The van der Waals surface area contributed by atoms with Gasteiger partial charge in [0.2, 0.25) is 6.79 Å². The van der Waals surface area contributed by atoms with Crippen molar-refractivity contribution < 1.29 is 19.4 Å². The molecule has 0 fully saturated rings. The van der Waals surface area contributed by atoms with Gasteiger partial charge >= 0.3 is 5.97 Å². The third kappa shape index (κ3) is 2.50. The van der Waals surface area contributed by atoms with E-state index in [0.29, 0.717) is 0 Å². The molecule has 0 amide bonds. The van der Waals surface area contributed by atoms with E-state index < -0.39 is 5.97 Å². The molecule has 0 saturated heterocycles. The van der Waals surface area contributed by atoms with E-state index in [1.54, 1.807) is 11.9 Å². The van der Waals surface area contributed by atoms with Gasteiger partial charge in [-0.25, -0.2) is 0 Å². The summed E-state index contributed by atoms with van der Waals surface area (Å²) >= 11 is 0. The van der Waals surface area contributed by atoms with E-state index in [2.05, 4.69) is 0 Å². The molecule has 0 aliphatic carbocycles. The molecule has 5 heteroatoms. The highest BCUT2D eigenvalue weighted by molar-refractivity contribution is 5.69. The van der Waals surface area contributed by atoms with Crippen molar-refractivity contribution in [3.63, 3.8) is 0 Å². The van der Waals surface area contributed by atoms with E-state index in [9.17, 15) is 4.79 Å². The van der Waals surface area contributed by atoms with Crippen molar-refractivity contribution in [3.05, 3.63) is 23.8 Å². The molecule has 5 nitrogen and oxygen atoms in total. The Hall–Kier alpha value is -1.75. The zero-order valence-electron chi connectivity index (χ0n) is 9.84. The van der Waals surface area contributed by atoms with Crippen molar-refractivity contribution in [1.82, 2.24) is 4.90 Å². The average Bonchev–Trinajstić information content (AvgIpc) is 2.73. The molecule has 1 aliphatic rings. The first-order valence-electron chi connectivity index (χ1n) is 5.39. The van der Waals surface area contributed by atoms with E-state index in [1.807, 2.05) is 25.1 Å². The Kier molecular flexibility index (Phi) is 3.19. The molecule has 0 spiro atoms. The van der Waals surface area contributed by atoms with Crippen LogP contribution in [0.5, 0.6) is 11.5 Å². The molecular weight excluding hydrogens is 222 g/mol. The fourth-order valence-electron chi connectivity index (χ4n) is 1.78. The Morgan fingerprint density at radius 2 is 2.18 bits per heavy atom. The lowest BCUT2D eigenvalue weighted by Crippen LogP contribution is -2.28. The predicted octanol–water partition coefficient (Wildman–Crippen LogP) is 1.49. The van der Waals surface area contributed by atoms with Crippen LogP contribution in [0.2, 0.25) is 0 Å². The minimum absolute atomic E-state index is 0.00953. The Labute approximate surface area is 99.6 Å². The molecule has 1 unspecified atom stereocenters. The van der Waals surface area contributed by atoms with Crippen LogP contribution in [0.3, 0.4) is 0 Å². The van der Waals surface area contributed by atoms with E-state index in [-0.39, 0.29) is 19.4 Å². The highest BCUT2D eigenvalue weighted by Crippen LogP contribution is 2.34. The molecule has 1 atom stereocenters. The third-order valence-electron chi connectivity index (χ3n) is 2.92. The number of ether oxygens (including phenoxy) is 2. The van der Waals surface area contributed by atoms with Crippen LogP contribution in [0.25, 0.3) is 0 Å². The summed E-state index contributed by atoms with van der Waals surface area (Å²) in [6.07, 6.45) is 0. The van der Waals surface area contributed by atoms with Gasteiger partial charge in [0.1, 0.15) is 0 Å². The molecule has 1 aromatic rings. The topological polar surface area (TPSA) is 59.0 Å². The summed E-state index contributed by atoms with van der Waals surface area (Å²) in [7, 11) is 1.78. The second kappa shape index (κ2) is 4.63. The minimum atomic E-state index is -0.833. The molecule has 0 radical (unpaired) electrons. The van der Waals surface area contributed by atoms with Crippen molar-refractivity contribution in [2.45, 2.75) is 13.0 Å². The summed E-state index contributed by atoms with van der Waals surface area (Å²) in [4.78, 5) is 12.4. The number of benzene rings is 1. The van der Waals surface area contributed by atoms with E-state index in [4.69, 9.17) is 14.6 Å². The first-order valence-corrected chi connectivity index (χ1v) is 5.39. The number of rotatable bonds is 4. The number of aliphatic carboxylic acids is 1. The summed E-state index contributed by atoms with van der Waals surface area (Å²) in [6, 6.07) is 5.69. The molecular formula is C12H15NO4. The number of carbonyl (C=O) groups is 1. The van der Waals surface area contributed by atoms with E-state index in [0.717, 1.165) is 17.1 Å². The Bertz CT molecular complexity index is 433. The van der Waals surface area contributed by atoms with Gasteiger partial charge in [-0.1, -0.05) is 6.07 Å². The zero-order valence-corrected chi connectivity index (χ0v) is 9.84. The van der Waals surface area contributed by atoms with Gasteiger partial charge in [-0.3, -0.25) is 9.69 Å². The Balaban J connectivity index is 2.14. The van der Waals surface area contributed by atoms with Crippen LogP contribution in [0.15, 0.2) is 18.2 Å². The molecule has 1 N–H and O–H groups in total. The Morgan fingerprint density at radius 3 is 2.88 bits per heavy atom. The largest absolute Gasteiger partial charge is 0.480 e. The standard InChI is InChI=1S/C12H15NO4/c1-8(13(2)6-12(14)15)9-3-4-10-11(5-9)17-7-16-10/h3-5,8H,6-7H2,1-2H3,(H,14,15). The second-order valence-corrected chi connectivity index (χ2v) is 4.10.